The van der Waals surface area contributed by atoms with Crippen LogP contribution >= 0.6 is 0 Å². The number of fused-ring (bicyclic) bond motifs is 1. The first kappa shape index (κ1) is 18.7. The number of nitrogens with one attached hydrogen (secondary N) is 1. The van der Waals surface area contributed by atoms with Gasteiger partial charge >= 0.3 is 0 Å². The molecule has 0 aliphatic heterocycles. The van der Waals surface area contributed by atoms with Crippen molar-refractivity contribution >= 4 is 22.4 Å². The van der Waals surface area contributed by atoms with Crippen molar-refractivity contribution in [3.63, 3.8) is 0 Å². The highest BCUT2D eigenvalue weighted by molar-refractivity contribution is 5.98. The van der Waals surface area contributed by atoms with Crippen LogP contribution in [-0.4, -0.2) is 18.0 Å². The lowest BCUT2D eigenvalue weighted by atomic mass is 9.98. The molecule has 140 valence electrons. The molecule has 1 amide bonds. The Morgan fingerprint density at radius 3 is 2.70 bits per heavy atom. The smallest absolute Gasteiger partial charge is 0.244 e. The van der Waals surface area contributed by atoms with Crippen molar-refractivity contribution in [2.75, 3.05) is 7.11 Å². The third-order valence-electron chi connectivity index (χ3n) is 4.79. The number of methoxy groups -OCH3 is 1. The number of hydrogen-bond donors (Lipinski definition) is 1. The van der Waals surface area contributed by atoms with Gasteiger partial charge in [0, 0.05) is 28.8 Å². The van der Waals surface area contributed by atoms with E-state index in [0.717, 1.165) is 50.4 Å². The number of rotatable bonds is 5. The zero-order valence-electron chi connectivity index (χ0n) is 16.3. The SMILES string of the molecule is COc1c(/C(C)=C/C(=O)NCc2ccccn2)cc2c(C)c(C)oc2c1C. The molecule has 2 aromatic heterocycles. The molecule has 0 atom stereocenters. The maximum Gasteiger partial charge on any atom is 0.244 e. The number of pyridine rings is 1. The summed E-state index contributed by atoms with van der Waals surface area (Å²) in [5, 5.41) is 3.91. The molecule has 0 radical (unpaired) electrons. The second kappa shape index (κ2) is 7.66. The molecule has 0 saturated heterocycles. The van der Waals surface area contributed by atoms with Crippen molar-refractivity contribution in [2.45, 2.75) is 34.2 Å². The van der Waals surface area contributed by atoms with Gasteiger partial charge < -0.3 is 14.5 Å². The van der Waals surface area contributed by atoms with Gasteiger partial charge in [0.1, 0.15) is 17.1 Å². The molecular weight excluding hydrogens is 340 g/mol. The van der Waals surface area contributed by atoms with Gasteiger partial charge in [0.2, 0.25) is 5.91 Å². The Bertz CT molecular complexity index is 1020. The van der Waals surface area contributed by atoms with E-state index in [1.54, 1.807) is 19.4 Å². The van der Waals surface area contributed by atoms with Gasteiger partial charge in [-0.05, 0) is 57.0 Å². The van der Waals surface area contributed by atoms with Gasteiger partial charge in [-0.1, -0.05) is 6.07 Å². The Morgan fingerprint density at radius 2 is 2.04 bits per heavy atom. The standard InChI is InChI=1S/C22H24N2O3/c1-13(10-20(25)24-12-17-8-6-7-9-23-17)18-11-19-14(2)16(4)27-22(19)15(3)21(18)26-5/h6-11H,12H2,1-5H3,(H,24,25)/b13-10+. The number of nitrogens with zero attached hydrogens (tertiary/aromatic N) is 1. The largest absolute Gasteiger partial charge is 0.496 e. The highest BCUT2D eigenvalue weighted by Crippen LogP contribution is 2.38. The lowest BCUT2D eigenvalue weighted by Crippen LogP contribution is -2.21. The molecule has 0 spiro atoms. The predicted molar refractivity (Wildman–Crippen MR) is 107 cm³/mol. The van der Waals surface area contributed by atoms with Crippen molar-refractivity contribution < 1.29 is 13.9 Å². The minimum atomic E-state index is -0.168. The highest BCUT2D eigenvalue weighted by atomic mass is 16.5. The van der Waals surface area contributed by atoms with Gasteiger partial charge in [-0.2, -0.15) is 0 Å². The molecule has 2 heterocycles. The first-order valence-corrected chi connectivity index (χ1v) is 8.86. The van der Waals surface area contributed by atoms with E-state index in [9.17, 15) is 4.79 Å². The van der Waals surface area contributed by atoms with Gasteiger partial charge in [-0.25, -0.2) is 0 Å². The summed E-state index contributed by atoms with van der Waals surface area (Å²) in [6.45, 7) is 8.26. The molecule has 0 aliphatic carbocycles. The minimum Gasteiger partial charge on any atom is -0.496 e. The average Bonchev–Trinajstić information content (AvgIpc) is 2.95. The van der Waals surface area contributed by atoms with E-state index in [2.05, 4.69) is 10.3 Å². The third-order valence-corrected chi connectivity index (χ3v) is 4.79. The van der Waals surface area contributed by atoms with Crippen LogP contribution in [0, 0.1) is 20.8 Å². The van der Waals surface area contributed by atoms with Crippen molar-refractivity contribution in [1.29, 1.82) is 0 Å². The molecule has 0 aliphatic rings. The van der Waals surface area contributed by atoms with E-state index in [0.29, 0.717) is 6.54 Å². The van der Waals surface area contributed by atoms with Crippen molar-refractivity contribution in [2.24, 2.45) is 0 Å². The summed E-state index contributed by atoms with van der Waals surface area (Å²) < 4.78 is 11.5. The third kappa shape index (κ3) is 3.72. The average molecular weight is 364 g/mol. The Balaban J connectivity index is 1.91. The molecule has 0 fully saturated rings. The van der Waals surface area contributed by atoms with Gasteiger partial charge in [-0.3, -0.25) is 9.78 Å². The summed E-state index contributed by atoms with van der Waals surface area (Å²) >= 11 is 0. The number of carbonyl (C=O) groups excluding carboxylic acids is 1. The van der Waals surface area contributed by atoms with E-state index < -0.39 is 0 Å². The minimum absolute atomic E-state index is 0.168. The Kier molecular flexibility index (Phi) is 5.31. The summed E-state index contributed by atoms with van der Waals surface area (Å²) in [5.74, 6) is 1.45. The number of allylic oxidation sites excluding steroid dienone is 1. The molecule has 1 N–H and O–H groups in total. The predicted octanol–water partition coefficient (Wildman–Crippen LogP) is 4.48. The van der Waals surface area contributed by atoms with Crippen LogP contribution in [0.4, 0.5) is 0 Å². The van der Waals surface area contributed by atoms with E-state index in [4.69, 9.17) is 9.15 Å². The Labute approximate surface area is 159 Å². The van der Waals surface area contributed by atoms with Crippen LogP contribution in [0.25, 0.3) is 16.5 Å². The molecule has 3 aromatic rings. The van der Waals surface area contributed by atoms with Crippen LogP contribution in [0.5, 0.6) is 5.75 Å². The lowest BCUT2D eigenvalue weighted by Gasteiger charge is -2.13. The second-order valence-electron chi connectivity index (χ2n) is 6.61. The number of benzene rings is 1. The summed E-state index contributed by atoms with van der Waals surface area (Å²) in [7, 11) is 1.63. The number of furan rings is 1. The lowest BCUT2D eigenvalue weighted by molar-refractivity contribution is -0.116. The fourth-order valence-electron chi connectivity index (χ4n) is 3.17. The van der Waals surface area contributed by atoms with E-state index in [1.807, 2.05) is 52.0 Å². The van der Waals surface area contributed by atoms with Gasteiger partial charge in [0.05, 0.1) is 19.3 Å². The normalized spacial score (nSPS) is 11.7. The number of amides is 1. The molecule has 0 bridgehead atoms. The Hall–Kier alpha value is -3.08. The monoisotopic (exact) mass is 364 g/mol. The van der Waals surface area contributed by atoms with Crippen molar-refractivity contribution in [1.82, 2.24) is 10.3 Å². The zero-order valence-corrected chi connectivity index (χ0v) is 16.3. The van der Waals surface area contributed by atoms with Crippen LogP contribution in [0.3, 0.4) is 0 Å². The molecule has 5 heteroatoms. The molecule has 27 heavy (non-hydrogen) atoms. The number of aromatic nitrogens is 1. The van der Waals surface area contributed by atoms with Crippen molar-refractivity contribution in [3.05, 3.63) is 64.7 Å². The molecular formula is C22H24N2O3. The number of ether oxygens (including phenoxy) is 1. The van der Waals surface area contributed by atoms with Gasteiger partial charge in [0.25, 0.3) is 0 Å². The van der Waals surface area contributed by atoms with Crippen molar-refractivity contribution in [3.8, 4) is 5.75 Å². The van der Waals surface area contributed by atoms with Crippen LogP contribution < -0.4 is 10.1 Å². The Morgan fingerprint density at radius 1 is 1.26 bits per heavy atom. The van der Waals surface area contributed by atoms with Gasteiger partial charge in [0.15, 0.2) is 0 Å². The highest BCUT2D eigenvalue weighted by Gasteiger charge is 2.18. The number of aryl methyl sites for hydroxylation is 3. The first-order valence-electron chi connectivity index (χ1n) is 8.86. The molecule has 0 unspecified atom stereocenters. The molecule has 1 aromatic carbocycles. The van der Waals surface area contributed by atoms with E-state index in [-0.39, 0.29) is 5.91 Å². The number of carbonyl (C=O) groups is 1. The first-order chi connectivity index (χ1) is 12.9. The van der Waals surface area contributed by atoms with Gasteiger partial charge in [-0.15, -0.1) is 0 Å². The second-order valence-corrected chi connectivity index (χ2v) is 6.61. The van der Waals surface area contributed by atoms with E-state index >= 15 is 0 Å². The molecule has 5 nitrogen and oxygen atoms in total. The summed E-state index contributed by atoms with van der Waals surface area (Å²) in [6.07, 6.45) is 3.30. The maximum atomic E-state index is 12.3. The fraction of sp³-hybridized carbons (Fsp3) is 0.273. The molecule has 0 saturated carbocycles. The van der Waals surface area contributed by atoms with Crippen LogP contribution in [0.2, 0.25) is 0 Å². The summed E-state index contributed by atoms with van der Waals surface area (Å²) in [5.41, 5.74) is 5.40. The quantitative estimate of drug-likeness (QED) is 0.678. The summed E-state index contributed by atoms with van der Waals surface area (Å²) in [4.78, 5) is 16.6. The van der Waals surface area contributed by atoms with Crippen LogP contribution in [0.15, 0.2) is 41.0 Å². The molecule has 3 rings (SSSR count). The van der Waals surface area contributed by atoms with Crippen LogP contribution in [-0.2, 0) is 11.3 Å². The van der Waals surface area contributed by atoms with E-state index in [1.165, 1.54) is 0 Å². The zero-order chi connectivity index (χ0) is 19.6. The summed E-state index contributed by atoms with van der Waals surface area (Å²) in [6, 6.07) is 7.65. The topological polar surface area (TPSA) is 64.4 Å². The number of hydrogen-bond acceptors (Lipinski definition) is 4. The maximum absolute atomic E-state index is 12.3. The van der Waals surface area contributed by atoms with Crippen LogP contribution in [0.1, 0.15) is 35.1 Å². The fourth-order valence-corrected chi connectivity index (χ4v) is 3.17.